The van der Waals surface area contributed by atoms with Gasteiger partial charge in [-0.2, -0.15) is 0 Å². The van der Waals surface area contributed by atoms with Gasteiger partial charge in [0.05, 0.1) is 11.4 Å². The van der Waals surface area contributed by atoms with Crippen LogP contribution in [0, 0.1) is 0 Å². The van der Waals surface area contributed by atoms with Gasteiger partial charge in [-0.25, -0.2) is 14.8 Å². The average molecular weight is 314 g/mol. The Bertz CT molecular complexity index is 736. The Morgan fingerprint density at radius 2 is 2.00 bits per heavy atom. The molecule has 0 spiro atoms. The van der Waals surface area contributed by atoms with E-state index in [4.69, 9.17) is 10.5 Å². The third kappa shape index (κ3) is 2.76. The minimum absolute atomic E-state index is 0.346. The molecular formula is C15H18N6O2. The first-order valence-electron chi connectivity index (χ1n) is 7.09. The lowest BCUT2D eigenvalue weighted by molar-refractivity contribution is 0.205. The number of carbonyl (C=O) groups is 1. The summed E-state index contributed by atoms with van der Waals surface area (Å²) >= 11 is 0. The fourth-order valence-corrected chi connectivity index (χ4v) is 2.61. The van der Waals surface area contributed by atoms with E-state index in [9.17, 15) is 4.79 Å². The first kappa shape index (κ1) is 15.0. The number of urea groups is 1. The Hall–Kier alpha value is -2.87. The lowest BCUT2D eigenvalue weighted by Crippen LogP contribution is -2.31. The second-order valence-corrected chi connectivity index (χ2v) is 5.15. The van der Waals surface area contributed by atoms with Crippen molar-refractivity contribution in [1.29, 1.82) is 0 Å². The number of hydrogen-bond acceptors (Lipinski definition) is 6. The van der Waals surface area contributed by atoms with E-state index in [2.05, 4.69) is 15.3 Å². The van der Waals surface area contributed by atoms with Crippen molar-refractivity contribution in [2.75, 3.05) is 30.7 Å². The van der Waals surface area contributed by atoms with Crippen LogP contribution in [0.2, 0.25) is 0 Å². The molecule has 1 aliphatic heterocycles. The number of fused-ring (bicyclic) bond motifs is 2. The number of carbonyl (C=O) groups excluding carboxylic acids is 1. The van der Waals surface area contributed by atoms with E-state index in [0.29, 0.717) is 13.3 Å². The molecule has 2 amide bonds. The SMILES string of the molecule is COCN1c2cc(CNC(N)=O)ccc2N(C)c2nccnc21. The van der Waals surface area contributed by atoms with Crippen LogP contribution in [-0.2, 0) is 11.3 Å². The van der Waals surface area contributed by atoms with Gasteiger partial charge in [-0.15, -0.1) is 0 Å². The summed E-state index contributed by atoms with van der Waals surface area (Å²) in [6.45, 7) is 0.708. The summed E-state index contributed by atoms with van der Waals surface area (Å²) in [5.41, 5.74) is 7.99. The molecular weight excluding hydrogens is 296 g/mol. The largest absolute Gasteiger partial charge is 0.364 e. The number of amides is 2. The molecule has 1 aromatic carbocycles. The molecule has 23 heavy (non-hydrogen) atoms. The molecule has 8 nitrogen and oxygen atoms in total. The summed E-state index contributed by atoms with van der Waals surface area (Å²) in [6, 6.07) is 5.36. The smallest absolute Gasteiger partial charge is 0.312 e. The molecule has 2 aromatic rings. The van der Waals surface area contributed by atoms with Crippen LogP contribution in [0.15, 0.2) is 30.6 Å². The number of ether oxygens (including phenoxy) is 1. The molecule has 0 saturated heterocycles. The maximum absolute atomic E-state index is 10.9. The molecule has 0 saturated carbocycles. The van der Waals surface area contributed by atoms with Gasteiger partial charge in [-0.05, 0) is 17.7 Å². The van der Waals surface area contributed by atoms with Crippen molar-refractivity contribution >= 4 is 29.0 Å². The number of primary amides is 1. The first-order chi connectivity index (χ1) is 11.1. The zero-order valence-electron chi connectivity index (χ0n) is 13.0. The molecule has 3 rings (SSSR count). The van der Waals surface area contributed by atoms with E-state index < -0.39 is 6.03 Å². The number of rotatable bonds is 4. The van der Waals surface area contributed by atoms with E-state index in [1.54, 1.807) is 19.5 Å². The molecule has 0 unspecified atom stereocenters. The predicted octanol–water partition coefficient (Wildman–Crippen LogP) is 1.47. The number of nitrogens with zero attached hydrogens (tertiary/aromatic N) is 4. The minimum Gasteiger partial charge on any atom is -0.364 e. The first-order valence-corrected chi connectivity index (χ1v) is 7.09. The molecule has 2 heterocycles. The normalized spacial score (nSPS) is 12.6. The molecule has 0 radical (unpaired) electrons. The molecule has 0 bridgehead atoms. The Morgan fingerprint density at radius 1 is 1.26 bits per heavy atom. The topological polar surface area (TPSA) is 96.6 Å². The van der Waals surface area contributed by atoms with Crippen LogP contribution >= 0.6 is 0 Å². The van der Waals surface area contributed by atoms with E-state index in [1.807, 2.05) is 35.0 Å². The summed E-state index contributed by atoms with van der Waals surface area (Å²) < 4.78 is 5.32. The van der Waals surface area contributed by atoms with Gasteiger partial charge in [0.2, 0.25) is 0 Å². The van der Waals surface area contributed by atoms with E-state index in [-0.39, 0.29) is 0 Å². The maximum atomic E-state index is 10.9. The van der Waals surface area contributed by atoms with Gasteiger partial charge < -0.3 is 20.7 Å². The van der Waals surface area contributed by atoms with Gasteiger partial charge in [0.1, 0.15) is 6.73 Å². The van der Waals surface area contributed by atoms with Crippen molar-refractivity contribution in [3.05, 3.63) is 36.2 Å². The van der Waals surface area contributed by atoms with Crippen molar-refractivity contribution in [2.24, 2.45) is 5.73 Å². The number of nitrogens with two attached hydrogens (primary N) is 1. The summed E-state index contributed by atoms with van der Waals surface area (Å²) in [5, 5.41) is 2.59. The van der Waals surface area contributed by atoms with Crippen LogP contribution in [0.3, 0.4) is 0 Å². The Morgan fingerprint density at radius 3 is 2.70 bits per heavy atom. The second kappa shape index (κ2) is 6.09. The quantitative estimate of drug-likeness (QED) is 0.887. The number of benzene rings is 1. The molecule has 1 aliphatic rings. The Kier molecular flexibility index (Phi) is 3.98. The minimum atomic E-state index is -0.551. The maximum Gasteiger partial charge on any atom is 0.312 e. The van der Waals surface area contributed by atoms with Crippen molar-refractivity contribution in [2.45, 2.75) is 6.54 Å². The Balaban J connectivity index is 2.04. The fraction of sp³-hybridized carbons (Fsp3) is 0.267. The molecule has 3 N–H and O–H groups in total. The Labute approximate surface area is 133 Å². The average Bonchev–Trinajstić information content (AvgIpc) is 2.56. The zero-order chi connectivity index (χ0) is 16.4. The van der Waals surface area contributed by atoms with Gasteiger partial charge >= 0.3 is 6.03 Å². The number of nitrogens with one attached hydrogen (secondary N) is 1. The van der Waals surface area contributed by atoms with Crippen molar-refractivity contribution in [3.8, 4) is 0 Å². The molecule has 120 valence electrons. The van der Waals surface area contributed by atoms with Gasteiger partial charge in [0.25, 0.3) is 0 Å². The highest BCUT2D eigenvalue weighted by atomic mass is 16.5. The lowest BCUT2D eigenvalue weighted by Gasteiger charge is -2.36. The van der Waals surface area contributed by atoms with Crippen molar-refractivity contribution in [3.63, 3.8) is 0 Å². The van der Waals surface area contributed by atoms with Crippen LogP contribution in [0.4, 0.5) is 27.8 Å². The molecule has 0 aliphatic carbocycles. The molecule has 1 aromatic heterocycles. The molecule has 0 atom stereocenters. The number of aromatic nitrogens is 2. The highest BCUT2D eigenvalue weighted by Crippen LogP contribution is 2.44. The summed E-state index contributed by atoms with van der Waals surface area (Å²) in [4.78, 5) is 23.7. The monoisotopic (exact) mass is 314 g/mol. The van der Waals surface area contributed by atoms with Crippen LogP contribution in [0.1, 0.15) is 5.56 Å². The van der Waals surface area contributed by atoms with Gasteiger partial charge in [0.15, 0.2) is 11.6 Å². The van der Waals surface area contributed by atoms with Crippen molar-refractivity contribution < 1.29 is 9.53 Å². The third-order valence-corrected chi connectivity index (χ3v) is 3.65. The lowest BCUT2D eigenvalue weighted by atomic mass is 10.1. The van der Waals surface area contributed by atoms with Gasteiger partial charge in [-0.1, -0.05) is 6.07 Å². The fourth-order valence-electron chi connectivity index (χ4n) is 2.61. The van der Waals surface area contributed by atoms with Crippen LogP contribution in [-0.4, -0.2) is 36.9 Å². The van der Waals surface area contributed by atoms with E-state index in [1.165, 1.54) is 0 Å². The third-order valence-electron chi connectivity index (χ3n) is 3.65. The summed E-state index contributed by atoms with van der Waals surface area (Å²) in [5.74, 6) is 1.49. The summed E-state index contributed by atoms with van der Waals surface area (Å²) in [6.07, 6.45) is 3.31. The van der Waals surface area contributed by atoms with Crippen molar-refractivity contribution in [1.82, 2.24) is 15.3 Å². The summed E-state index contributed by atoms with van der Waals surface area (Å²) in [7, 11) is 3.57. The second-order valence-electron chi connectivity index (χ2n) is 5.15. The predicted molar refractivity (Wildman–Crippen MR) is 87.0 cm³/mol. The van der Waals surface area contributed by atoms with E-state index in [0.717, 1.165) is 28.6 Å². The van der Waals surface area contributed by atoms with Gasteiger partial charge in [-0.3, -0.25) is 4.90 Å². The highest BCUT2D eigenvalue weighted by molar-refractivity contribution is 5.89. The van der Waals surface area contributed by atoms with E-state index >= 15 is 0 Å². The molecule has 0 fully saturated rings. The standard InChI is InChI=1S/C15H18N6O2/c1-20-11-4-3-10(8-19-15(16)22)7-12(11)21(9-23-2)14-13(20)17-5-6-18-14/h3-7H,8-9H2,1-2H3,(H3,16,19,22). The number of hydrogen-bond donors (Lipinski definition) is 2. The van der Waals surface area contributed by atoms with Crippen LogP contribution in [0.5, 0.6) is 0 Å². The number of anilines is 4. The van der Waals surface area contributed by atoms with Gasteiger partial charge in [0, 0.05) is 33.1 Å². The van der Waals surface area contributed by atoms with Crippen LogP contribution < -0.4 is 20.9 Å². The van der Waals surface area contributed by atoms with Crippen LogP contribution in [0.25, 0.3) is 0 Å². The zero-order valence-corrected chi connectivity index (χ0v) is 13.0. The number of methoxy groups -OCH3 is 1. The molecule has 8 heteroatoms. The highest BCUT2D eigenvalue weighted by Gasteiger charge is 2.28.